The van der Waals surface area contributed by atoms with E-state index in [-0.39, 0.29) is 11.6 Å². The van der Waals surface area contributed by atoms with Crippen molar-refractivity contribution in [2.45, 2.75) is 25.8 Å². The Morgan fingerprint density at radius 1 is 1.44 bits per heavy atom. The van der Waals surface area contributed by atoms with Crippen molar-refractivity contribution in [3.8, 4) is 0 Å². The third kappa shape index (κ3) is 2.53. The van der Waals surface area contributed by atoms with Crippen molar-refractivity contribution in [2.75, 3.05) is 11.5 Å². The molecule has 0 atom stereocenters. The Kier molecular flexibility index (Phi) is 3.65. The van der Waals surface area contributed by atoms with Gasteiger partial charge in [0.05, 0.1) is 0 Å². The van der Waals surface area contributed by atoms with Crippen molar-refractivity contribution >= 4 is 16.8 Å². The molecule has 6 heteroatoms. The van der Waals surface area contributed by atoms with Gasteiger partial charge in [0.15, 0.2) is 5.43 Å². The van der Waals surface area contributed by atoms with Crippen molar-refractivity contribution in [2.24, 2.45) is 0 Å². The molecule has 5 nitrogen and oxygen atoms in total. The minimum atomic E-state index is -1.20. The van der Waals surface area contributed by atoms with Crippen LogP contribution in [0.4, 0.5) is 0 Å². The normalized spacial score (nSPS) is 23.8. The minimum Gasteiger partial charge on any atom is -0.477 e. The minimum absolute atomic E-state index is 0.140. The summed E-state index contributed by atoms with van der Waals surface area (Å²) in [4.78, 5) is 22.5. The molecule has 0 saturated carbocycles. The fourth-order valence-electron chi connectivity index (χ4n) is 2.26. The third-order valence-electron chi connectivity index (χ3n) is 3.26. The number of aryl methyl sites for hydroxylation is 1. The van der Waals surface area contributed by atoms with Crippen molar-refractivity contribution in [1.29, 1.82) is 0 Å². The highest BCUT2D eigenvalue weighted by Gasteiger charge is 2.21. The average molecular weight is 269 g/mol. The molecule has 0 amide bonds. The Hall–Kier alpha value is -1.43. The fourth-order valence-corrected chi connectivity index (χ4v) is 3.53. The molecule has 0 unspecified atom stereocenters. The number of hydrogen-bond acceptors (Lipinski definition) is 3. The highest BCUT2D eigenvalue weighted by molar-refractivity contribution is 7.85. The third-order valence-corrected chi connectivity index (χ3v) is 4.64. The van der Waals surface area contributed by atoms with Gasteiger partial charge in [0.25, 0.3) is 0 Å². The predicted molar refractivity (Wildman–Crippen MR) is 68.5 cm³/mol. The molecule has 2 heterocycles. The molecule has 2 rings (SSSR count). The second kappa shape index (κ2) is 5.06. The lowest BCUT2D eigenvalue weighted by Crippen LogP contribution is -2.26. The standard InChI is InChI=1S/C12H15NO4S/c1-8-6-11(14)10(12(15)16)7-13(8)9-2-4-18(17)5-3-9/h6-7,9H,2-5H2,1H3,(H,15,16). The molecule has 1 aromatic heterocycles. The van der Waals surface area contributed by atoms with Gasteiger partial charge in [0.1, 0.15) is 5.56 Å². The largest absolute Gasteiger partial charge is 0.477 e. The van der Waals surface area contributed by atoms with Crippen LogP contribution in [0.25, 0.3) is 0 Å². The maximum absolute atomic E-state index is 11.5. The molecule has 0 spiro atoms. The highest BCUT2D eigenvalue weighted by atomic mass is 32.2. The summed E-state index contributed by atoms with van der Waals surface area (Å²) in [6.45, 7) is 1.79. The number of rotatable bonds is 2. The molecule has 1 saturated heterocycles. The summed E-state index contributed by atoms with van der Waals surface area (Å²) < 4.78 is 13.1. The van der Waals surface area contributed by atoms with Crippen molar-refractivity contribution in [3.05, 3.63) is 33.7 Å². The number of carboxylic acid groups (broad SMARTS) is 1. The summed E-state index contributed by atoms with van der Waals surface area (Å²) in [5, 5.41) is 8.96. The van der Waals surface area contributed by atoms with Crippen LogP contribution in [0.2, 0.25) is 0 Å². The van der Waals surface area contributed by atoms with Crippen LogP contribution in [-0.4, -0.2) is 31.4 Å². The number of aromatic nitrogens is 1. The van der Waals surface area contributed by atoms with Crippen LogP contribution in [0, 0.1) is 6.92 Å². The van der Waals surface area contributed by atoms with E-state index < -0.39 is 22.2 Å². The van der Waals surface area contributed by atoms with Gasteiger partial charge in [-0.1, -0.05) is 0 Å². The summed E-state index contributed by atoms with van der Waals surface area (Å²) in [6, 6.07) is 1.50. The van der Waals surface area contributed by atoms with E-state index in [9.17, 15) is 13.8 Å². The molecule has 1 aromatic rings. The Morgan fingerprint density at radius 3 is 2.61 bits per heavy atom. The molecule has 1 aliphatic rings. The quantitative estimate of drug-likeness (QED) is 0.866. The molecule has 0 aromatic carbocycles. The summed E-state index contributed by atoms with van der Waals surface area (Å²) in [6.07, 6.45) is 2.93. The lowest BCUT2D eigenvalue weighted by atomic mass is 10.1. The van der Waals surface area contributed by atoms with Crippen LogP contribution >= 0.6 is 0 Å². The number of hydrogen-bond donors (Lipinski definition) is 1. The predicted octanol–water partition coefficient (Wildman–Crippen LogP) is 0.939. The number of aromatic carboxylic acids is 1. The first-order valence-electron chi connectivity index (χ1n) is 5.80. The van der Waals surface area contributed by atoms with Crippen LogP contribution in [0.15, 0.2) is 17.1 Å². The number of pyridine rings is 1. The summed E-state index contributed by atoms with van der Waals surface area (Å²) >= 11 is 0. The second-order valence-electron chi connectivity index (χ2n) is 4.48. The van der Waals surface area contributed by atoms with E-state index in [0.717, 1.165) is 18.5 Å². The first kappa shape index (κ1) is 13.0. The van der Waals surface area contributed by atoms with Gasteiger partial charge in [0, 0.05) is 46.3 Å². The zero-order valence-electron chi connectivity index (χ0n) is 10.1. The van der Waals surface area contributed by atoms with E-state index >= 15 is 0 Å². The van der Waals surface area contributed by atoms with E-state index in [2.05, 4.69) is 0 Å². The monoisotopic (exact) mass is 269 g/mol. The maximum atomic E-state index is 11.5. The van der Waals surface area contributed by atoms with Crippen molar-refractivity contribution in [3.63, 3.8) is 0 Å². The van der Waals surface area contributed by atoms with Gasteiger partial charge in [0.2, 0.25) is 0 Å². The summed E-state index contributed by atoms with van der Waals surface area (Å²) in [5.74, 6) is 0.0743. The zero-order valence-corrected chi connectivity index (χ0v) is 10.9. The first-order valence-corrected chi connectivity index (χ1v) is 7.29. The topological polar surface area (TPSA) is 76.4 Å². The Morgan fingerprint density at radius 2 is 2.06 bits per heavy atom. The van der Waals surface area contributed by atoms with Crippen LogP contribution in [0.1, 0.15) is 34.9 Å². The molecular weight excluding hydrogens is 254 g/mol. The smallest absolute Gasteiger partial charge is 0.341 e. The Labute approximate surface area is 107 Å². The van der Waals surface area contributed by atoms with Crippen LogP contribution in [-0.2, 0) is 10.8 Å². The molecule has 1 N–H and O–H groups in total. The molecule has 0 aliphatic carbocycles. The van der Waals surface area contributed by atoms with Crippen LogP contribution in [0.3, 0.4) is 0 Å². The number of carboxylic acids is 1. The van der Waals surface area contributed by atoms with E-state index in [0.29, 0.717) is 11.5 Å². The fraction of sp³-hybridized carbons (Fsp3) is 0.500. The van der Waals surface area contributed by atoms with E-state index in [1.165, 1.54) is 12.3 Å². The first-order chi connectivity index (χ1) is 8.49. The maximum Gasteiger partial charge on any atom is 0.341 e. The van der Waals surface area contributed by atoms with Gasteiger partial charge in [-0.25, -0.2) is 4.79 Å². The SMILES string of the molecule is Cc1cc(=O)c(C(=O)O)cn1C1CCS(=O)CC1. The molecule has 98 valence electrons. The van der Waals surface area contributed by atoms with E-state index in [1.54, 1.807) is 6.92 Å². The molecule has 0 radical (unpaired) electrons. The second-order valence-corrected chi connectivity index (χ2v) is 6.18. The molecule has 1 aliphatic heterocycles. The van der Waals surface area contributed by atoms with Gasteiger partial charge >= 0.3 is 5.97 Å². The molecular formula is C12H15NO4S. The summed E-state index contributed by atoms with van der Waals surface area (Å²) in [7, 11) is -0.751. The van der Waals surface area contributed by atoms with Crippen molar-refractivity contribution in [1.82, 2.24) is 4.57 Å². The molecule has 0 bridgehead atoms. The van der Waals surface area contributed by atoms with Gasteiger partial charge in [-0.05, 0) is 19.8 Å². The lowest BCUT2D eigenvalue weighted by Gasteiger charge is -2.26. The Balaban J connectivity index is 2.38. The number of carbonyl (C=O) groups is 1. The molecule has 1 fully saturated rings. The Bertz CT molecular complexity index is 554. The van der Waals surface area contributed by atoms with E-state index in [1.807, 2.05) is 4.57 Å². The lowest BCUT2D eigenvalue weighted by molar-refractivity contribution is 0.0694. The van der Waals surface area contributed by atoms with Gasteiger partial charge in [-0.3, -0.25) is 9.00 Å². The van der Waals surface area contributed by atoms with Crippen LogP contribution in [0.5, 0.6) is 0 Å². The van der Waals surface area contributed by atoms with E-state index in [4.69, 9.17) is 5.11 Å². The van der Waals surface area contributed by atoms with Crippen molar-refractivity contribution < 1.29 is 14.1 Å². The van der Waals surface area contributed by atoms with Gasteiger partial charge in [-0.15, -0.1) is 0 Å². The number of nitrogens with zero attached hydrogens (tertiary/aromatic N) is 1. The average Bonchev–Trinajstić information content (AvgIpc) is 2.30. The van der Waals surface area contributed by atoms with Gasteiger partial charge < -0.3 is 9.67 Å². The molecule has 18 heavy (non-hydrogen) atoms. The summed E-state index contributed by atoms with van der Waals surface area (Å²) in [5.41, 5.74) is 0.0885. The van der Waals surface area contributed by atoms with Gasteiger partial charge in [-0.2, -0.15) is 0 Å². The van der Waals surface area contributed by atoms with Crippen LogP contribution < -0.4 is 5.43 Å². The zero-order chi connectivity index (χ0) is 13.3. The highest BCUT2D eigenvalue weighted by Crippen LogP contribution is 2.23.